The van der Waals surface area contributed by atoms with E-state index in [2.05, 4.69) is 25.7 Å². The first kappa shape index (κ1) is 16.8. The zero-order valence-corrected chi connectivity index (χ0v) is 11.1. The van der Waals surface area contributed by atoms with Gasteiger partial charge in [0.2, 0.25) is 0 Å². The van der Waals surface area contributed by atoms with Gasteiger partial charge in [0.15, 0.2) is 0 Å². The normalized spacial score (nSPS) is 20.1. The summed E-state index contributed by atoms with van der Waals surface area (Å²) in [4.78, 5) is 0. The van der Waals surface area contributed by atoms with Crippen molar-refractivity contribution in [2.45, 2.75) is 19.3 Å². The molecule has 2 saturated carbocycles. The second kappa shape index (κ2) is 12.3. The van der Waals surface area contributed by atoms with Crippen molar-refractivity contribution in [3.63, 3.8) is 0 Å². The monoisotopic (exact) mass is 276 g/mol. The first-order valence-electron chi connectivity index (χ1n) is 5.36. The minimum atomic E-state index is 0. The molecule has 0 N–H and O–H groups in total. The Morgan fingerprint density at radius 3 is 1.69 bits per heavy atom. The molecule has 10 radical (unpaired) electrons. The molecule has 0 nitrogen and oxygen atoms in total. The molecule has 0 aromatic heterocycles. The van der Waals surface area contributed by atoms with Crippen molar-refractivity contribution in [3.8, 4) is 0 Å². The van der Waals surface area contributed by atoms with Crippen LogP contribution in [0.15, 0.2) is 0 Å². The Bertz CT molecular complexity index is 121. The van der Waals surface area contributed by atoms with Crippen molar-refractivity contribution in [1.82, 2.24) is 0 Å². The summed E-state index contributed by atoms with van der Waals surface area (Å²) in [5.41, 5.74) is 0. The summed E-state index contributed by atoms with van der Waals surface area (Å²) in [5, 5.41) is 0. The Labute approximate surface area is 117 Å². The zero-order valence-electron chi connectivity index (χ0n) is 9.26. The Balaban J connectivity index is 0.000000318. The molecule has 0 amide bonds. The third-order valence-corrected chi connectivity index (χ3v) is 2.40. The molecule has 2 heteroatoms. The van der Waals surface area contributed by atoms with Gasteiger partial charge in [-0.05, 0) is 76.5 Å². The van der Waals surface area contributed by atoms with Crippen LogP contribution in [0, 0.1) is 63.7 Å². The van der Waals surface area contributed by atoms with Gasteiger partial charge in [-0.3, -0.25) is 0 Å². The van der Waals surface area contributed by atoms with Crippen LogP contribution in [0.3, 0.4) is 0 Å². The van der Waals surface area contributed by atoms with Gasteiger partial charge in [-0.15, -0.1) is 11.6 Å². The Hall–Kier alpha value is 0.809. The van der Waals surface area contributed by atoms with Gasteiger partial charge >= 0.3 is 17.1 Å². The number of alkyl halides is 1. The molecule has 16 heavy (non-hydrogen) atoms. The number of halogens is 1. The van der Waals surface area contributed by atoms with Crippen LogP contribution in [0.2, 0.25) is 0 Å². The van der Waals surface area contributed by atoms with E-state index in [4.69, 9.17) is 11.6 Å². The summed E-state index contributed by atoms with van der Waals surface area (Å²) in [6, 6.07) is 0. The molecule has 0 bridgehead atoms. The number of rotatable bonds is 4. The van der Waals surface area contributed by atoms with Crippen LogP contribution in [0.5, 0.6) is 0 Å². The van der Waals surface area contributed by atoms with Gasteiger partial charge in [-0.25, -0.2) is 0 Å². The Kier molecular flexibility index (Phi) is 12.9. The summed E-state index contributed by atoms with van der Waals surface area (Å²) in [7, 11) is 0. The quantitative estimate of drug-likeness (QED) is 0.416. The Morgan fingerprint density at radius 1 is 0.750 bits per heavy atom. The van der Waals surface area contributed by atoms with Crippen molar-refractivity contribution >= 4 is 11.6 Å². The molecular formula is C14H17ClFe+2. The first-order valence-corrected chi connectivity index (χ1v) is 5.90. The van der Waals surface area contributed by atoms with Crippen LogP contribution in [0.25, 0.3) is 0 Å². The second-order valence-corrected chi connectivity index (χ2v) is 3.78. The summed E-state index contributed by atoms with van der Waals surface area (Å²) >= 11 is 5.54. The van der Waals surface area contributed by atoms with Crippen LogP contribution in [0.1, 0.15) is 19.3 Å². The molecule has 0 unspecified atom stereocenters. The minimum absolute atomic E-state index is 0. The predicted octanol–water partition coefficient (Wildman–Crippen LogP) is 3.82. The maximum atomic E-state index is 5.54. The van der Waals surface area contributed by atoms with Crippen LogP contribution < -0.4 is 0 Å². The Morgan fingerprint density at radius 2 is 1.25 bits per heavy atom. The SMILES string of the molecule is ClCCCC[C]1[CH][CH][CH][CH]1.[CH]1[CH][CH][CH][CH]1.[Fe+2]. The van der Waals surface area contributed by atoms with E-state index in [1.807, 2.05) is 32.1 Å². The molecule has 0 saturated heterocycles. The zero-order chi connectivity index (χ0) is 10.8. The fourth-order valence-corrected chi connectivity index (χ4v) is 1.51. The molecule has 0 aromatic rings. The molecule has 0 aromatic carbocycles. The summed E-state index contributed by atoms with van der Waals surface area (Å²) in [6.07, 6.45) is 22.0. The molecule has 2 aliphatic carbocycles. The maximum Gasteiger partial charge on any atom is 2.00 e. The number of unbranched alkanes of at least 4 members (excludes halogenated alkanes) is 1. The second-order valence-electron chi connectivity index (χ2n) is 3.40. The largest absolute Gasteiger partial charge is 2.00 e. The maximum absolute atomic E-state index is 5.54. The van der Waals surface area contributed by atoms with Crippen LogP contribution >= 0.6 is 11.6 Å². The summed E-state index contributed by atoms with van der Waals surface area (Å²) in [6.45, 7) is 0. The van der Waals surface area contributed by atoms with Gasteiger partial charge in [-0.1, -0.05) is 6.42 Å². The number of hydrogen-bond acceptors (Lipinski definition) is 0. The van der Waals surface area contributed by atoms with Gasteiger partial charge in [0.05, 0.1) is 0 Å². The molecule has 2 fully saturated rings. The minimum Gasteiger partial charge on any atom is -0.127 e. The van der Waals surface area contributed by atoms with E-state index in [0.717, 1.165) is 12.3 Å². The molecule has 0 heterocycles. The molecule has 2 aliphatic rings. The van der Waals surface area contributed by atoms with Crippen molar-refractivity contribution in [2.24, 2.45) is 0 Å². The standard InChI is InChI=1S/C9H12Cl.C5H5.Fe/c10-8-4-3-7-9-5-1-2-6-9;1-2-4-5-3-1;/h1-2,5-6H,3-4,7-8H2;1-5H;/q;;+2. The topological polar surface area (TPSA) is 0 Å². The third kappa shape index (κ3) is 8.90. The average Bonchev–Trinajstić information content (AvgIpc) is 2.94. The molecule has 86 valence electrons. The van der Waals surface area contributed by atoms with Crippen molar-refractivity contribution in [1.29, 1.82) is 0 Å². The van der Waals surface area contributed by atoms with Gasteiger partial charge < -0.3 is 0 Å². The van der Waals surface area contributed by atoms with Crippen molar-refractivity contribution in [2.75, 3.05) is 5.88 Å². The fourth-order valence-electron chi connectivity index (χ4n) is 1.32. The molecule has 0 aliphatic heterocycles. The van der Waals surface area contributed by atoms with E-state index in [1.165, 1.54) is 18.8 Å². The summed E-state index contributed by atoms with van der Waals surface area (Å²) < 4.78 is 0. The van der Waals surface area contributed by atoms with Crippen LogP contribution in [0.4, 0.5) is 0 Å². The molecule has 2 rings (SSSR count). The van der Waals surface area contributed by atoms with Gasteiger partial charge in [-0.2, -0.15) is 0 Å². The number of hydrogen-bond donors (Lipinski definition) is 0. The molecular weight excluding hydrogens is 259 g/mol. The predicted molar refractivity (Wildman–Crippen MR) is 66.5 cm³/mol. The van der Waals surface area contributed by atoms with Gasteiger partial charge in [0, 0.05) is 5.88 Å². The van der Waals surface area contributed by atoms with E-state index in [9.17, 15) is 0 Å². The van der Waals surface area contributed by atoms with Gasteiger partial charge in [0.1, 0.15) is 0 Å². The van der Waals surface area contributed by atoms with E-state index in [-0.39, 0.29) is 17.1 Å². The van der Waals surface area contributed by atoms with Crippen molar-refractivity contribution in [3.05, 3.63) is 63.7 Å². The smallest absolute Gasteiger partial charge is 0.127 e. The third-order valence-electron chi connectivity index (χ3n) is 2.14. The fraction of sp³-hybridized carbons (Fsp3) is 0.286. The van der Waals surface area contributed by atoms with E-state index in [0.29, 0.717) is 0 Å². The van der Waals surface area contributed by atoms with Crippen LogP contribution in [-0.2, 0) is 17.1 Å². The van der Waals surface area contributed by atoms with Gasteiger partial charge in [0.25, 0.3) is 0 Å². The molecule has 0 spiro atoms. The van der Waals surface area contributed by atoms with Crippen LogP contribution in [-0.4, -0.2) is 5.88 Å². The van der Waals surface area contributed by atoms with E-state index >= 15 is 0 Å². The average molecular weight is 277 g/mol. The van der Waals surface area contributed by atoms with E-state index < -0.39 is 0 Å². The molecule has 0 atom stereocenters. The van der Waals surface area contributed by atoms with Crippen molar-refractivity contribution < 1.29 is 17.1 Å². The summed E-state index contributed by atoms with van der Waals surface area (Å²) in [5.74, 6) is 2.23. The first-order chi connectivity index (χ1) is 7.43. The van der Waals surface area contributed by atoms with E-state index in [1.54, 1.807) is 0 Å².